The molecule has 0 unspecified atom stereocenters. The van der Waals surface area contributed by atoms with Gasteiger partial charge in [0.05, 0.1) is 13.2 Å². The molecule has 1 fully saturated rings. The number of sulfonamides is 1. The van der Waals surface area contributed by atoms with Gasteiger partial charge in [0, 0.05) is 32.0 Å². The van der Waals surface area contributed by atoms with E-state index in [4.69, 9.17) is 9.47 Å². The van der Waals surface area contributed by atoms with Gasteiger partial charge in [-0.05, 0) is 55.0 Å². The number of hydrogen-bond donors (Lipinski definition) is 1. The molecular weight excluding hydrogens is 430 g/mol. The molecule has 0 aliphatic carbocycles. The van der Waals surface area contributed by atoms with Crippen LogP contribution >= 0.6 is 0 Å². The summed E-state index contributed by atoms with van der Waals surface area (Å²) in [6.45, 7) is 3.32. The topological polar surface area (TPSA) is 89.9 Å². The van der Waals surface area contributed by atoms with Crippen molar-refractivity contribution in [1.82, 2.24) is 8.87 Å². The van der Waals surface area contributed by atoms with E-state index in [0.717, 1.165) is 11.3 Å². The van der Waals surface area contributed by atoms with E-state index in [9.17, 15) is 13.2 Å². The Kier molecular flexibility index (Phi) is 6.31. The summed E-state index contributed by atoms with van der Waals surface area (Å²) in [5.41, 5.74) is 1.92. The third-order valence-corrected chi connectivity index (χ3v) is 7.02. The van der Waals surface area contributed by atoms with Gasteiger partial charge in [-0.1, -0.05) is 12.1 Å². The molecule has 1 amide bonds. The lowest BCUT2D eigenvalue weighted by molar-refractivity contribution is 0.0730. The van der Waals surface area contributed by atoms with E-state index in [1.54, 1.807) is 31.3 Å². The molecule has 1 saturated heterocycles. The molecule has 1 aliphatic rings. The highest BCUT2D eigenvalue weighted by Gasteiger charge is 2.28. The minimum Gasteiger partial charge on any atom is -0.457 e. The lowest BCUT2D eigenvalue weighted by atomic mass is 10.2. The Labute approximate surface area is 187 Å². The van der Waals surface area contributed by atoms with Crippen LogP contribution in [0.25, 0.3) is 0 Å². The minimum atomic E-state index is -3.67. The molecule has 168 valence electrons. The van der Waals surface area contributed by atoms with Crippen LogP contribution in [0, 0.1) is 6.92 Å². The first-order valence-corrected chi connectivity index (χ1v) is 11.7. The highest BCUT2D eigenvalue weighted by atomic mass is 32.2. The number of ether oxygens (including phenoxy) is 2. The molecule has 0 saturated carbocycles. The van der Waals surface area contributed by atoms with Crippen molar-refractivity contribution in [2.24, 2.45) is 7.05 Å². The van der Waals surface area contributed by atoms with Crippen LogP contribution in [0.4, 0.5) is 5.69 Å². The number of rotatable bonds is 6. The number of anilines is 1. The molecule has 8 nitrogen and oxygen atoms in total. The molecule has 0 atom stereocenters. The Hall–Kier alpha value is -3.14. The van der Waals surface area contributed by atoms with Crippen molar-refractivity contribution in [3.8, 4) is 11.5 Å². The summed E-state index contributed by atoms with van der Waals surface area (Å²) < 4.78 is 39.6. The van der Waals surface area contributed by atoms with E-state index < -0.39 is 15.9 Å². The van der Waals surface area contributed by atoms with E-state index in [-0.39, 0.29) is 10.6 Å². The van der Waals surface area contributed by atoms with Gasteiger partial charge >= 0.3 is 0 Å². The van der Waals surface area contributed by atoms with Gasteiger partial charge in [0.25, 0.3) is 5.91 Å². The predicted molar refractivity (Wildman–Crippen MR) is 121 cm³/mol. The SMILES string of the molecule is Cc1cccc(Oc2ccc(NC(=O)c3cc(S(=O)(=O)N4CCOCC4)cn3C)cc2)c1. The number of hydrogen-bond acceptors (Lipinski definition) is 5. The molecule has 0 spiro atoms. The summed E-state index contributed by atoms with van der Waals surface area (Å²) in [5, 5.41) is 2.80. The normalized spacial score (nSPS) is 14.8. The van der Waals surface area contributed by atoms with Crippen LogP contribution in [0.2, 0.25) is 0 Å². The zero-order valence-corrected chi connectivity index (χ0v) is 18.8. The third-order valence-electron chi connectivity index (χ3n) is 5.16. The molecule has 32 heavy (non-hydrogen) atoms. The van der Waals surface area contributed by atoms with Crippen molar-refractivity contribution in [2.45, 2.75) is 11.8 Å². The highest BCUT2D eigenvalue weighted by Crippen LogP contribution is 2.25. The lowest BCUT2D eigenvalue weighted by Crippen LogP contribution is -2.40. The second-order valence-corrected chi connectivity index (χ2v) is 9.52. The molecule has 0 bridgehead atoms. The highest BCUT2D eigenvalue weighted by molar-refractivity contribution is 7.89. The molecule has 9 heteroatoms. The average Bonchev–Trinajstić information content (AvgIpc) is 3.18. The number of nitrogens with one attached hydrogen (secondary N) is 1. The number of carbonyl (C=O) groups is 1. The van der Waals surface area contributed by atoms with Gasteiger partial charge in [-0.15, -0.1) is 0 Å². The maximum Gasteiger partial charge on any atom is 0.272 e. The molecule has 1 aromatic heterocycles. The molecule has 2 aromatic carbocycles. The van der Waals surface area contributed by atoms with Crippen molar-refractivity contribution < 1.29 is 22.7 Å². The fourth-order valence-electron chi connectivity index (χ4n) is 3.45. The van der Waals surface area contributed by atoms with Gasteiger partial charge in [0.2, 0.25) is 10.0 Å². The fraction of sp³-hybridized carbons (Fsp3) is 0.261. The quantitative estimate of drug-likeness (QED) is 0.615. The Morgan fingerprint density at radius 3 is 2.44 bits per heavy atom. The molecule has 2 heterocycles. The standard InChI is InChI=1S/C23H25N3O5S/c1-17-4-3-5-20(14-17)31-19-8-6-18(7-9-19)24-23(27)22-15-21(16-25(22)2)32(28,29)26-10-12-30-13-11-26/h3-9,14-16H,10-13H2,1-2H3,(H,24,27). The second-order valence-electron chi connectivity index (χ2n) is 7.59. The van der Waals surface area contributed by atoms with E-state index >= 15 is 0 Å². The number of morpholine rings is 1. The molecule has 1 N–H and O–H groups in total. The first-order valence-electron chi connectivity index (χ1n) is 10.2. The lowest BCUT2D eigenvalue weighted by Gasteiger charge is -2.25. The van der Waals surface area contributed by atoms with E-state index in [0.29, 0.717) is 37.7 Å². The van der Waals surface area contributed by atoms with E-state index in [1.165, 1.54) is 21.1 Å². The van der Waals surface area contributed by atoms with Gasteiger partial charge < -0.3 is 19.4 Å². The first-order chi connectivity index (χ1) is 15.3. The summed E-state index contributed by atoms with van der Waals surface area (Å²) in [6.07, 6.45) is 1.46. The van der Waals surface area contributed by atoms with Gasteiger partial charge in [-0.3, -0.25) is 4.79 Å². The van der Waals surface area contributed by atoms with Crippen molar-refractivity contribution >= 4 is 21.6 Å². The third kappa shape index (κ3) is 4.85. The minimum absolute atomic E-state index is 0.0916. The van der Waals surface area contributed by atoms with Crippen LogP contribution in [-0.4, -0.2) is 49.5 Å². The number of benzene rings is 2. The Morgan fingerprint density at radius 1 is 1.03 bits per heavy atom. The average molecular weight is 456 g/mol. The van der Waals surface area contributed by atoms with Gasteiger partial charge in [-0.25, -0.2) is 8.42 Å². The van der Waals surface area contributed by atoms with Crippen LogP contribution in [0.1, 0.15) is 16.1 Å². The summed E-state index contributed by atoms with van der Waals surface area (Å²) in [5.74, 6) is 0.981. The number of amides is 1. The molecule has 3 aromatic rings. The van der Waals surface area contributed by atoms with Crippen molar-refractivity contribution in [3.05, 3.63) is 72.1 Å². The number of aromatic nitrogens is 1. The maximum atomic E-state index is 12.9. The van der Waals surface area contributed by atoms with Gasteiger partial charge in [0.15, 0.2) is 0 Å². The maximum absolute atomic E-state index is 12.9. The molecule has 4 rings (SSSR count). The number of aryl methyl sites for hydroxylation is 2. The summed E-state index contributed by atoms with van der Waals surface area (Å²) in [7, 11) is -2.03. The monoisotopic (exact) mass is 455 g/mol. The van der Waals surface area contributed by atoms with E-state index in [2.05, 4.69) is 5.32 Å². The number of carbonyl (C=O) groups excluding carboxylic acids is 1. The smallest absolute Gasteiger partial charge is 0.272 e. The van der Waals surface area contributed by atoms with Crippen molar-refractivity contribution in [2.75, 3.05) is 31.6 Å². The van der Waals surface area contributed by atoms with Crippen LogP contribution in [0.5, 0.6) is 11.5 Å². The molecule has 1 aliphatic heterocycles. The number of nitrogens with zero attached hydrogens (tertiary/aromatic N) is 2. The Bertz CT molecular complexity index is 1210. The Morgan fingerprint density at radius 2 is 1.75 bits per heavy atom. The van der Waals surface area contributed by atoms with E-state index in [1.807, 2.05) is 31.2 Å². The van der Waals surface area contributed by atoms with Crippen LogP contribution in [0.3, 0.4) is 0 Å². The summed E-state index contributed by atoms with van der Waals surface area (Å²) in [4.78, 5) is 12.9. The second kappa shape index (κ2) is 9.15. The first kappa shape index (κ1) is 22.1. The largest absolute Gasteiger partial charge is 0.457 e. The fourth-order valence-corrected chi connectivity index (χ4v) is 4.93. The zero-order valence-electron chi connectivity index (χ0n) is 17.9. The van der Waals surface area contributed by atoms with Crippen molar-refractivity contribution in [1.29, 1.82) is 0 Å². The van der Waals surface area contributed by atoms with Crippen LogP contribution in [-0.2, 0) is 21.8 Å². The summed E-state index contributed by atoms with van der Waals surface area (Å²) in [6, 6.07) is 16.1. The summed E-state index contributed by atoms with van der Waals surface area (Å²) >= 11 is 0. The Balaban J connectivity index is 1.45. The molecule has 0 radical (unpaired) electrons. The zero-order chi connectivity index (χ0) is 22.7. The van der Waals surface area contributed by atoms with Gasteiger partial charge in [-0.2, -0.15) is 4.31 Å². The van der Waals surface area contributed by atoms with Crippen LogP contribution in [0.15, 0.2) is 65.7 Å². The van der Waals surface area contributed by atoms with Crippen molar-refractivity contribution in [3.63, 3.8) is 0 Å². The molecular formula is C23H25N3O5S. The predicted octanol–water partition coefficient (Wildman–Crippen LogP) is 3.40. The van der Waals surface area contributed by atoms with Crippen LogP contribution < -0.4 is 10.1 Å². The van der Waals surface area contributed by atoms with Gasteiger partial charge in [0.1, 0.15) is 22.1 Å².